The molecule has 1 aromatic carbocycles. The molecule has 2 aromatic rings. The fraction of sp³-hybridized carbons (Fsp3) is 0.0714. The highest BCUT2D eigenvalue weighted by atomic mass is 35.5. The number of carbonyl (C=O) groups is 1. The van der Waals surface area contributed by atoms with Crippen molar-refractivity contribution < 1.29 is 4.79 Å². The number of aromatic nitrogens is 1. The van der Waals surface area contributed by atoms with E-state index in [4.69, 9.17) is 23.2 Å². The number of hydrogen-bond donors (Lipinski definition) is 1. The molecular weight excluding hydrogens is 297 g/mol. The summed E-state index contributed by atoms with van der Waals surface area (Å²) in [4.78, 5) is 16.1. The average Bonchev–Trinajstić information content (AvgIpc) is 2.48. The number of hydrazone groups is 1. The van der Waals surface area contributed by atoms with Crippen LogP contribution < -0.4 is 5.43 Å². The van der Waals surface area contributed by atoms with Gasteiger partial charge in [0.15, 0.2) is 0 Å². The van der Waals surface area contributed by atoms with Crippen LogP contribution in [-0.4, -0.2) is 16.6 Å². The first-order chi connectivity index (χ1) is 9.59. The number of pyridine rings is 1. The molecule has 0 spiro atoms. The predicted molar refractivity (Wildman–Crippen MR) is 80.4 cm³/mol. The number of benzene rings is 1. The molecule has 0 radical (unpaired) electrons. The molecule has 1 amide bonds. The SMILES string of the molecule is CC(=NNC(=O)c1cccc(Cl)c1Cl)c1ccccn1. The second-order valence-corrected chi connectivity index (χ2v) is 4.74. The van der Waals surface area contributed by atoms with Crippen LogP contribution >= 0.6 is 23.2 Å². The van der Waals surface area contributed by atoms with Crippen molar-refractivity contribution in [3.8, 4) is 0 Å². The summed E-state index contributed by atoms with van der Waals surface area (Å²) in [6, 6.07) is 10.3. The van der Waals surface area contributed by atoms with Gasteiger partial charge in [0, 0.05) is 6.20 Å². The minimum absolute atomic E-state index is 0.206. The molecule has 20 heavy (non-hydrogen) atoms. The maximum Gasteiger partial charge on any atom is 0.272 e. The molecule has 0 unspecified atom stereocenters. The summed E-state index contributed by atoms with van der Waals surface area (Å²) in [5, 5.41) is 4.52. The van der Waals surface area contributed by atoms with Crippen LogP contribution in [0.1, 0.15) is 23.0 Å². The van der Waals surface area contributed by atoms with Crippen LogP contribution in [0, 0.1) is 0 Å². The van der Waals surface area contributed by atoms with Crippen LogP contribution in [0.4, 0.5) is 0 Å². The third-order valence-corrected chi connectivity index (χ3v) is 3.38. The Labute approximate surface area is 126 Å². The van der Waals surface area contributed by atoms with Gasteiger partial charge in [-0.25, -0.2) is 5.43 Å². The number of hydrogen-bond acceptors (Lipinski definition) is 3. The van der Waals surface area contributed by atoms with Gasteiger partial charge < -0.3 is 0 Å². The van der Waals surface area contributed by atoms with Gasteiger partial charge >= 0.3 is 0 Å². The Balaban J connectivity index is 2.15. The van der Waals surface area contributed by atoms with E-state index in [1.165, 1.54) is 0 Å². The lowest BCUT2D eigenvalue weighted by molar-refractivity contribution is 0.0955. The topological polar surface area (TPSA) is 54.4 Å². The van der Waals surface area contributed by atoms with Crippen molar-refractivity contribution in [1.82, 2.24) is 10.4 Å². The highest BCUT2D eigenvalue weighted by Gasteiger charge is 2.12. The largest absolute Gasteiger partial charge is 0.272 e. The minimum atomic E-state index is -0.423. The molecule has 2 rings (SSSR count). The van der Waals surface area contributed by atoms with Crippen molar-refractivity contribution in [2.24, 2.45) is 5.10 Å². The molecule has 6 heteroatoms. The number of amides is 1. The zero-order valence-corrected chi connectivity index (χ0v) is 12.1. The molecule has 1 aromatic heterocycles. The fourth-order valence-electron chi connectivity index (χ4n) is 1.51. The van der Waals surface area contributed by atoms with E-state index in [9.17, 15) is 4.79 Å². The van der Waals surface area contributed by atoms with Crippen molar-refractivity contribution in [2.45, 2.75) is 6.92 Å². The van der Waals surface area contributed by atoms with E-state index in [-0.39, 0.29) is 10.6 Å². The van der Waals surface area contributed by atoms with E-state index >= 15 is 0 Å². The highest BCUT2D eigenvalue weighted by Crippen LogP contribution is 2.25. The molecule has 1 N–H and O–H groups in total. The van der Waals surface area contributed by atoms with E-state index in [1.807, 2.05) is 6.07 Å². The Morgan fingerprint density at radius 2 is 2.00 bits per heavy atom. The minimum Gasteiger partial charge on any atom is -0.267 e. The quantitative estimate of drug-likeness (QED) is 0.696. The maximum atomic E-state index is 12.0. The molecule has 0 aliphatic carbocycles. The van der Waals surface area contributed by atoms with Gasteiger partial charge in [0.2, 0.25) is 0 Å². The average molecular weight is 308 g/mol. The molecule has 0 saturated carbocycles. The Kier molecular flexibility index (Phi) is 4.71. The van der Waals surface area contributed by atoms with Crippen molar-refractivity contribution >= 4 is 34.8 Å². The standard InChI is InChI=1S/C14H11Cl2N3O/c1-9(12-7-2-3-8-17-12)18-19-14(20)10-5-4-6-11(15)13(10)16/h2-8H,1H3,(H,19,20). The summed E-state index contributed by atoms with van der Waals surface area (Å²) in [5.41, 5.74) is 3.99. The van der Waals surface area contributed by atoms with Crippen LogP contribution in [0.25, 0.3) is 0 Å². The molecule has 0 aliphatic heterocycles. The fourth-order valence-corrected chi connectivity index (χ4v) is 1.89. The number of halogens is 2. The first kappa shape index (κ1) is 14.5. The van der Waals surface area contributed by atoms with Crippen LogP contribution in [0.5, 0.6) is 0 Å². The van der Waals surface area contributed by atoms with E-state index in [0.29, 0.717) is 16.4 Å². The molecule has 0 aliphatic rings. The molecule has 4 nitrogen and oxygen atoms in total. The highest BCUT2D eigenvalue weighted by molar-refractivity contribution is 6.43. The lowest BCUT2D eigenvalue weighted by Crippen LogP contribution is -2.20. The number of nitrogens with zero attached hydrogens (tertiary/aromatic N) is 2. The number of carbonyl (C=O) groups excluding carboxylic acids is 1. The van der Waals surface area contributed by atoms with Gasteiger partial charge in [-0.15, -0.1) is 0 Å². The van der Waals surface area contributed by atoms with E-state index in [1.54, 1.807) is 43.5 Å². The van der Waals surface area contributed by atoms with Crippen LogP contribution in [0.2, 0.25) is 10.0 Å². The van der Waals surface area contributed by atoms with Gasteiger partial charge in [-0.2, -0.15) is 5.10 Å². The molecule has 0 fully saturated rings. The van der Waals surface area contributed by atoms with Crippen LogP contribution in [0.15, 0.2) is 47.7 Å². The summed E-state index contributed by atoms with van der Waals surface area (Å²) in [6.45, 7) is 1.75. The second kappa shape index (κ2) is 6.50. The summed E-state index contributed by atoms with van der Waals surface area (Å²) in [6.07, 6.45) is 1.66. The summed E-state index contributed by atoms with van der Waals surface area (Å²) in [7, 11) is 0. The molecule has 102 valence electrons. The third kappa shape index (κ3) is 3.35. The Hall–Kier alpha value is -1.91. The normalized spacial score (nSPS) is 11.2. The van der Waals surface area contributed by atoms with Gasteiger partial charge in [0.05, 0.1) is 27.0 Å². The number of nitrogens with one attached hydrogen (secondary N) is 1. The summed E-state index contributed by atoms with van der Waals surface area (Å²) in [5.74, 6) is -0.423. The smallest absolute Gasteiger partial charge is 0.267 e. The van der Waals surface area contributed by atoms with E-state index in [0.717, 1.165) is 0 Å². The van der Waals surface area contributed by atoms with Gasteiger partial charge in [-0.3, -0.25) is 9.78 Å². The summed E-state index contributed by atoms with van der Waals surface area (Å²) < 4.78 is 0. The van der Waals surface area contributed by atoms with Crippen LogP contribution in [-0.2, 0) is 0 Å². The molecule has 0 bridgehead atoms. The summed E-state index contributed by atoms with van der Waals surface area (Å²) >= 11 is 11.8. The van der Waals surface area contributed by atoms with Gasteiger partial charge in [0.1, 0.15) is 0 Å². The molecule has 1 heterocycles. The lowest BCUT2D eigenvalue weighted by atomic mass is 10.2. The lowest BCUT2D eigenvalue weighted by Gasteiger charge is -2.05. The van der Waals surface area contributed by atoms with Crippen molar-refractivity contribution in [1.29, 1.82) is 0 Å². The number of rotatable bonds is 3. The third-order valence-electron chi connectivity index (χ3n) is 2.56. The zero-order valence-electron chi connectivity index (χ0n) is 10.6. The molecule has 0 atom stereocenters. The second-order valence-electron chi connectivity index (χ2n) is 3.95. The predicted octanol–water partition coefficient (Wildman–Crippen LogP) is 3.54. The zero-order chi connectivity index (χ0) is 14.5. The molecule has 0 saturated heterocycles. The van der Waals surface area contributed by atoms with Gasteiger partial charge in [0.25, 0.3) is 5.91 Å². The van der Waals surface area contributed by atoms with Crippen molar-refractivity contribution in [3.05, 3.63) is 63.9 Å². The van der Waals surface area contributed by atoms with Crippen molar-refractivity contribution in [3.63, 3.8) is 0 Å². The van der Waals surface area contributed by atoms with E-state index in [2.05, 4.69) is 15.5 Å². The monoisotopic (exact) mass is 307 g/mol. The Morgan fingerprint density at radius 1 is 1.20 bits per heavy atom. The van der Waals surface area contributed by atoms with Gasteiger partial charge in [-0.05, 0) is 31.2 Å². The van der Waals surface area contributed by atoms with Gasteiger partial charge in [-0.1, -0.05) is 35.3 Å². The van der Waals surface area contributed by atoms with Crippen molar-refractivity contribution in [2.75, 3.05) is 0 Å². The van der Waals surface area contributed by atoms with E-state index < -0.39 is 5.91 Å². The molecular formula is C14H11Cl2N3O. The van der Waals surface area contributed by atoms with Crippen LogP contribution in [0.3, 0.4) is 0 Å². The Bertz CT molecular complexity index is 657. The maximum absolute atomic E-state index is 12.0. The first-order valence-corrected chi connectivity index (χ1v) is 6.55. The first-order valence-electron chi connectivity index (χ1n) is 5.79. The Morgan fingerprint density at radius 3 is 2.70 bits per heavy atom.